The van der Waals surface area contributed by atoms with E-state index in [1.807, 2.05) is 4.90 Å². The lowest BCUT2D eigenvalue weighted by Crippen LogP contribution is -2.42. The number of piperidine rings is 1. The Labute approximate surface area is 155 Å². The lowest BCUT2D eigenvalue weighted by atomic mass is 9.98. The van der Waals surface area contributed by atoms with E-state index >= 15 is 0 Å². The monoisotopic (exact) mass is 364 g/mol. The second-order valence-corrected chi connectivity index (χ2v) is 7.17. The van der Waals surface area contributed by atoms with E-state index in [2.05, 4.69) is 4.90 Å². The summed E-state index contributed by atoms with van der Waals surface area (Å²) >= 11 is 0. The van der Waals surface area contributed by atoms with Crippen LogP contribution in [0.25, 0.3) is 0 Å². The van der Waals surface area contributed by atoms with Gasteiger partial charge in [0.15, 0.2) is 0 Å². The fourth-order valence-corrected chi connectivity index (χ4v) is 3.61. The van der Waals surface area contributed by atoms with Crippen molar-refractivity contribution < 1.29 is 18.7 Å². The van der Waals surface area contributed by atoms with Crippen LogP contribution in [-0.4, -0.2) is 68.3 Å². The first kappa shape index (κ1) is 19.1. The SMILES string of the molecule is O=C(CCCN1CCOCC1)N1CCC[C@@H](COc2ccc(F)cc2)C1. The first-order chi connectivity index (χ1) is 12.7. The number of rotatable bonds is 7. The van der Waals surface area contributed by atoms with Gasteiger partial charge in [-0.05, 0) is 50.1 Å². The van der Waals surface area contributed by atoms with Crippen molar-refractivity contribution in [2.24, 2.45) is 5.92 Å². The highest BCUT2D eigenvalue weighted by atomic mass is 19.1. The van der Waals surface area contributed by atoms with E-state index in [1.54, 1.807) is 12.1 Å². The van der Waals surface area contributed by atoms with Gasteiger partial charge in [0.05, 0.1) is 19.8 Å². The maximum Gasteiger partial charge on any atom is 0.222 e. The summed E-state index contributed by atoms with van der Waals surface area (Å²) in [5.41, 5.74) is 0. The minimum atomic E-state index is -0.260. The molecule has 0 spiro atoms. The number of ether oxygens (including phenoxy) is 2. The predicted molar refractivity (Wildman–Crippen MR) is 97.7 cm³/mol. The Morgan fingerprint density at radius 1 is 1.19 bits per heavy atom. The maximum atomic E-state index is 12.9. The van der Waals surface area contributed by atoms with E-state index in [0.29, 0.717) is 24.7 Å². The van der Waals surface area contributed by atoms with Gasteiger partial charge in [0.2, 0.25) is 5.91 Å². The van der Waals surface area contributed by atoms with Crippen LogP contribution >= 0.6 is 0 Å². The minimum absolute atomic E-state index is 0.254. The molecule has 0 unspecified atom stereocenters. The Morgan fingerprint density at radius 2 is 1.96 bits per heavy atom. The normalized spacial score (nSPS) is 21.6. The van der Waals surface area contributed by atoms with Gasteiger partial charge >= 0.3 is 0 Å². The molecule has 26 heavy (non-hydrogen) atoms. The van der Waals surface area contributed by atoms with E-state index in [1.165, 1.54) is 12.1 Å². The summed E-state index contributed by atoms with van der Waals surface area (Å²) in [6.45, 7) is 6.71. The molecule has 144 valence electrons. The molecule has 1 amide bonds. The quantitative estimate of drug-likeness (QED) is 0.746. The summed E-state index contributed by atoms with van der Waals surface area (Å²) in [6.07, 6.45) is 3.61. The number of halogens is 1. The van der Waals surface area contributed by atoms with E-state index < -0.39 is 0 Å². The van der Waals surface area contributed by atoms with Gasteiger partial charge in [0, 0.05) is 38.5 Å². The first-order valence-electron chi connectivity index (χ1n) is 9.67. The average Bonchev–Trinajstić information content (AvgIpc) is 2.68. The summed E-state index contributed by atoms with van der Waals surface area (Å²) in [4.78, 5) is 16.9. The lowest BCUT2D eigenvalue weighted by Gasteiger charge is -2.33. The summed E-state index contributed by atoms with van der Waals surface area (Å²) in [7, 11) is 0. The first-order valence-corrected chi connectivity index (χ1v) is 9.67. The Balaban J connectivity index is 1.36. The Morgan fingerprint density at radius 3 is 2.73 bits per heavy atom. The van der Waals surface area contributed by atoms with Crippen LogP contribution in [0.1, 0.15) is 25.7 Å². The van der Waals surface area contributed by atoms with Gasteiger partial charge in [-0.25, -0.2) is 4.39 Å². The molecule has 2 aliphatic rings. The molecule has 5 nitrogen and oxygen atoms in total. The van der Waals surface area contributed by atoms with Gasteiger partial charge in [-0.15, -0.1) is 0 Å². The smallest absolute Gasteiger partial charge is 0.222 e. The number of benzene rings is 1. The fourth-order valence-electron chi connectivity index (χ4n) is 3.61. The van der Waals surface area contributed by atoms with Crippen molar-refractivity contribution in [3.05, 3.63) is 30.1 Å². The van der Waals surface area contributed by atoms with Crippen LogP contribution < -0.4 is 4.74 Å². The van der Waals surface area contributed by atoms with E-state index in [0.717, 1.165) is 65.2 Å². The zero-order chi connectivity index (χ0) is 18.2. The van der Waals surface area contributed by atoms with Crippen LogP contribution in [0.3, 0.4) is 0 Å². The molecule has 1 aromatic rings. The van der Waals surface area contributed by atoms with Crippen LogP contribution in [-0.2, 0) is 9.53 Å². The molecule has 0 radical (unpaired) electrons. The Hall–Kier alpha value is -1.66. The summed E-state index contributed by atoms with van der Waals surface area (Å²) in [5.74, 6) is 1.02. The fraction of sp³-hybridized carbons (Fsp3) is 0.650. The molecular weight excluding hydrogens is 335 g/mol. The summed E-state index contributed by atoms with van der Waals surface area (Å²) in [6, 6.07) is 6.10. The van der Waals surface area contributed by atoms with Gasteiger partial charge in [0.25, 0.3) is 0 Å². The molecule has 2 fully saturated rings. The zero-order valence-corrected chi connectivity index (χ0v) is 15.4. The van der Waals surface area contributed by atoms with Crippen molar-refractivity contribution in [1.82, 2.24) is 9.80 Å². The molecule has 0 bridgehead atoms. The molecule has 2 heterocycles. The molecular formula is C20H29FN2O3. The van der Waals surface area contributed by atoms with Gasteiger partial charge in [-0.1, -0.05) is 0 Å². The second-order valence-electron chi connectivity index (χ2n) is 7.17. The van der Waals surface area contributed by atoms with Crippen LogP contribution in [0.5, 0.6) is 5.75 Å². The summed E-state index contributed by atoms with van der Waals surface area (Å²) in [5, 5.41) is 0. The van der Waals surface area contributed by atoms with Crippen molar-refractivity contribution in [1.29, 1.82) is 0 Å². The second kappa shape index (κ2) is 9.88. The molecule has 1 atom stereocenters. The highest BCUT2D eigenvalue weighted by molar-refractivity contribution is 5.76. The third-order valence-electron chi connectivity index (χ3n) is 5.14. The average molecular weight is 364 g/mol. The van der Waals surface area contributed by atoms with Crippen molar-refractivity contribution in [3.8, 4) is 5.75 Å². The van der Waals surface area contributed by atoms with Crippen molar-refractivity contribution in [2.45, 2.75) is 25.7 Å². The van der Waals surface area contributed by atoms with Crippen molar-refractivity contribution in [2.75, 3.05) is 52.5 Å². The molecule has 2 aliphatic heterocycles. The van der Waals surface area contributed by atoms with E-state index in [9.17, 15) is 9.18 Å². The third kappa shape index (κ3) is 5.95. The summed E-state index contributed by atoms with van der Waals surface area (Å²) < 4.78 is 24.0. The van der Waals surface area contributed by atoms with Crippen molar-refractivity contribution in [3.63, 3.8) is 0 Å². The minimum Gasteiger partial charge on any atom is -0.493 e. The number of likely N-dealkylation sites (tertiary alicyclic amines) is 1. The molecule has 3 rings (SSSR count). The topological polar surface area (TPSA) is 42.0 Å². The molecule has 6 heteroatoms. The Bertz CT molecular complexity index is 561. The number of carbonyl (C=O) groups is 1. The van der Waals surface area contributed by atoms with Gasteiger partial charge in [-0.3, -0.25) is 9.69 Å². The molecule has 0 saturated carbocycles. The highest BCUT2D eigenvalue weighted by Gasteiger charge is 2.24. The number of hydrogen-bond acceptors (Lipinski definition) is 4. The standard InChI is InChI=1S/C20H29FN2O3/c21-18-5-7-19(8-6-18)26-16-17-3-1-10-23(15-17)20(24)4-2-9-22-11-13-25-14-12-22/h5-8,17H,1-4,9-16H2/t17-/m1/s1. The predicted octanol–water partition coefficient (Wildman–Crippen LogP) is 2.56. The third-order valence-corrected chi connectivity index (χ3v) is 5.14. The zero-order valence-electron chi connectivity index (χ0n) is 15.4. The molecule has 0 aromatic heterocycles. The van der Waals surface area contributed by atoms with Crippen LogP contribution in [0, 0.1) is 11.7 Å². The number of hydrogen-bond donors (Lipinski definition) is 0. The molecule has 2 saturated heterocycles. The number of nitrogens with zero attached hydrogens (tertiary/aromatic N) is 2. The largest absolute Gasteiger partial charge is 0.493 e. The van der Waals surface area contributed by atoms with E-state index in [-0.39, 0.29) is 11.7 Å². The van der Waals surface area contributed by atoms with Gasteiger partial charge in [-0.2, -0.15) is 0 Å². The molecule has 1 aromatic carbocycles. The van der Waals surface area contributed by atoms with Crippen LogP contribution in [0.2, 0.25) is 0 Å². The molecule has 0 N–H and O–H groups in total. The Kier molecular flexibility index (Phi) is 7.26. The van der Waals surface area contributed by atoms with Crippen LogP contribution in [0.15, 0.2) is 24.3 Å². The lowest BCUT2D eigenvalue weighted by molar-refractivity contribution is -0.133. The number of amides is 1. The molecule has 0 aliphatic carbocycles. The maximum absolute atomic E-state index is 12.9. The van der Waals surface area contributed by atoms with Gasteiger partial charge < -0.3 is 14.4 Å². The van der Waals surface area contributed by atoms with Gasteiger partial charge in [0.1, 0.15) is 11.6 Å². The number of carbonyl (C=O) groups excluding carboxylic acids is 1. The van der Waals surface area contributed by atoms with Crippen molar-refractivity contribution >= 4 is 5.91 Å². The van der Waals surface area contributed by atoms with E-state index in [4.69, 9.17) is 9.47 Å². The number of morpholine rings is 1. The highest BCUT2D eigenvalue weighted by Crippen LogP contribution is 2.20. The van der Waals surface area contributed by atoms with Crippen LogP contribution in [0.4, 0.5) is 4.39 Å².